The van der Waals surface area contributed by atoms with Crippen molar-refractivity contribution in [3.8, 4) is 0 Å². The summed E-state index contributed by atoms with van der Waals surface area (Å²) in [6.07, 6.45) is 0.506. The Bertz CT molecular complexity index is 425. The van der Waals surface area contributed by atoms with Crippen molar-refractivity contribution in [3.05, 3.63) is 0 Å². The van der Waals surface area contributed by atoms with Gasteiger partial charge in [-0.3, -0.25) is 9.59 Å². The summed E-state index contributed by atoms with van der Waals surface area (Å²) in [7, 11) is 0. The van der Waals surface area contributed by atoms with E-state index in [1.54, 1.807) is 0 Å². The Labute approximate surface area is 191 Å². The monoisotopic (exact) mass is 467 g/mol. The van der Waals surface area contributed by atoms with Gasteiger partial charge in [0, 0.05) is 26.2 Å². The number of amides is 1. The third kappa shape index (κ3) is 26.7. The maximum Gasteiger partial charge on any atom is 0.303 e. The number of ether oxygens (including phenoxy) is 7. The molecule has 0 atom stereocenters. The second kappa shape index (κ2) is 25.9. The van der Waals surface area contributed by atoms with E-state index in [4.69, 9.17) is 38.3 Å². The first-order valence-corrected chi connectivity index (χ1v) is 11.2. The zero-order valence-corrected chi connectivity index (χ0v) is 19.3. The van der Waals surface area contributed by atoms with Gasteiger partial charge in [0.15, 0.2) is 0 Å². The molecule has 0 heterocycles. The molecular formula is C21H41NO10. The molecule has 11 heteroatoms. The van der Waals surface area contributed by atoms with Crippen molar-refractivity contribution in [2.24, 2.45) is 0 Å². The zero-order valence-electron chi connectivity index (χ0n) is 19.3. The summed E-state index contributed by atoms with van der Waals surface area (Å²) < 4.78 is 37.4. The van der Waals surface area contributed by atoms with Crippen molar-refractivity contribution in [1.82, 2.24) is 5.32 Å². The summed E-state index contributed by atoms with van der Waals surface area (Å²) in [6.45, 7) is 9.85. The molecule has 0 fully saturated rings. The van der Waals surface area contributed by atoms with Gasteiger partial charge in [-0.1, -0.05) is 0 Å². The fourth-order valence-corrected chi connectivity index (χ4v) is 2.17. The van der Waals surface area contributed by atoms with Gasteiger partial charge in [0.1, 0.15) is 0 Å². The highest BCUT2D eigenvalue weighted by molar-refractivity contribution is 5.80. The Morgan fingerprint density at radius 1 is 0.594 bits per heavy atom. The fraction of sp³-hybridized carbons (Fsp3) is 0.905. The Kier molecular flexibility index (Phi) is 24.8. The minimum atomic E-state index is -0.977. The average molecular weight is 468 g/mol. The van der Waals surface area contributed by atoms with E-state index in [1.165, 1.54) is 0 Å². The molecule has 0 radical (unpaired) electrons. The minimum absolute atomic E-state index is 0.00143. The van der Waals surface area contributed by atoms with E-state index in [9.17, 15) is 9.59 Å². The Morgan fingerprint density at radius 3 is 1.34 bits per heavy atom. The van der Waals surface area contributed by atoms with E-state index in [-0.39, 0.29) is 18.7 Å². The molecule has 0 aromatic heterocycles. The van der Waals surface area contributed by atoms with E-state index in [0.29, 0.717) is 105 Å². The Hall–Kier alpha value is -1.34. The van der Waals surface area contributed by atoms with E-state index in [1.807, 2.05) is 6.92 Å². The molecule has 0 saturated heterocycles. The summed E-state index contributed by atoms with van der Waals surface area (Å²) in [5, 5.41) is 11.1. The fourth-order valence-electron chi connectivity index (χ4n) is 2.17. The average Bonchev–Trinajstić information content (AvgIpc) is 2.78. The van der Waals surface area contributed by atoms with Crippen LogP contribution in [0.15, 0.2) is 0 Å². The van der Waals surface area contributed by atoms with Crippen molar-refractivity contribution in [3.63, 3.8) is 0 Å². The van der Waals surface area contributed by atoms with E-state index >= 15 is 0 Å². The third-order valence-corrected chi connectivity index (χ3v) is 3.79. The van der Waals surface area contributed by atoms with Crippen LogP contribution < -0.4 is 5.32 Å². The van der Waals surface area contributed by atoms with Crippen molar-refractivity contribution in [2.75, 3.05) is 99.0 Å². The number of carbonyl (C=O) groups excluding carboxylic acids is 1. The van der Waals surface area contributed by atoms with E-state index in [0.717, 1.165) is 0 Å². The number of rotatable bonds is 26. The molecule has 2 N–H and O–H groups in total. The maximum atomic E-state index is 11.3. The van der Waals surface area contributed by atoms with Crippen molar-refractivity contribution in [1.29, 1.82) is 0 Å². The van der Waals surface area contributed by atoms with E-state index < -0.39 is 5.97 Å². The van der Waals surface area contributed by atoms with Gasteiger partial charge in [-0.2, -0.15) is 0 Å². The van der Waals surface area contributed by atoms with Gasteiger partial charge in [-0.15, -0.1) is 0 Å². The van der Waals surface area contributed by atoms with Crippen LogP contribution in [0, 0.1) is 0 Å². The van der Waals surface area contributed by atoms with Crippen LogP contribution in [0.25, 0.3) is 0 Å². The highest BCUT2D eigenvalue weighted by atomic mass is 16.6. The highest BCUT2D eigenvalue weighted by Crippen LogP contribution is 1.90. The lowest BCUT2D eigenvalue weighted by Gasteiger charge is -2.08. The summed E-state index contributed by atoms with van der Waals surface area (Å²) >= 11 is 0. The largest absolute Gasteiger partial charge is 0.481 e. The minimum Gasteiger partial charge on any atom is -0.481 e. The highest BCUT2D eigenvalue weighted by Gasteiger charge is 2.04. The van der Waals surface area contributed by atoms with Gasteiger partial charge < -0.3 is 43.6 Å². The molecule has 0 saturated carbocycles. The molecule has 0 aliphatic heterocycles. The first-order chi connectivity index (χ1) is 15.7. The van der Waals surface area contributed by atoms with Crippen LogP contribution >= 0.6 is 0 Å². The molecule has 0 rings (SSSR count). The maximum absolute atomic E-state index is 11.3. The van der Waals surface area contributed by atoms with Gasteiger partial charge in [0.05, 0.1) is 85.7 Å². The number of nitrogens with one attached hydrogen (secondary N) is 1. The molecule has 0 aromatic rings. The smallest absolute Gasteiger partial charge is 0.303 e. The van der Waals surface area contributed by atoms with Gasteiger partial charge in [-0.25, -0.2) is 0 Å². The van der Waals surface area contributed by atoms with Crippen LogP contribution in [0.2, 0.25) is 0 Å². The second-order valence-electron chi connectivity index (χ2n) is 6.47. The lowest BCUT2D eigenvalue weighted by Crippen LogP contribution is -2.25. The summed E-state index contributed by atoms with van der Waals surface area (Å²) in [5.41, 5.74) is 0. The van der Waals surface area contributed by atoms with Crippen LogP contribution in [-0.2, 0) is 42.7 Å². The Morgan fingerprint density at radius 2 is 0.969 bits per heavy atom. The predicted octanol–water partition coefficient (Wildman–Crippen LogP) is 0.494. The second-order valence-corrected chi connectivity index (χ2v) is 6.47. The first-order valence-electron chi connectivity index (χ1n) is 11.2. The molecule has 0 aliphatic carbocycles. The van der Waals surface area contributed by atoms with Crippen LogP contribution in [0.4, 0.5) is 0 Å². The quantitative estimate of drug-likeness (QED) is 0.173. The van der Waals surface area contributed by atoms with Crippen molar-refractivity contribution >= 4 is 11.9 Å². The third-order valence-electron chi connectivity index (χ3n) is 3.79. The van der Waals surface area contributed by atoms with Crippen LogP contribution in [0.1, 0.15) is 26.2 Å². The molecule has 0 aliphatic rings. The summed E-state index contributed by atoms with van der Waals surface area (Å²) in [5.74, 6) is -1.24. The molecule has 0 spiro atoms. The molecular weight excluding hydrogens is 426 g/mol. The molecule has 0 bridgehead atoms. The SMILES string of the molecule is CCOCCOCCOCCOCCOCCOCCOCCCNC(=O)CCC(=O)O. The van der Waals surface area contributed by atoms with Gasteiger partial charge >= 0.3 is 5.97 Å². The number of carbonyl (C=O) groups is 2. The first kappa shape index (κ1) is 30.7. The Balaban J connectivity index is 3.08. The van der Waals surface area contributed by atoms with Crippen LogP contribution in [-0.4, -0.2) is 116 Å². The zero-order chi connectivity index (χ0) is 23.5. The molecule has 32 heavy (non-hydrogen) atoms. The van der Waals surface area contributed by atoms with Crippen LogP contribution in [0.5, 0.6) is 0 Å². The van der Waals surface area contributed by atoms with Crippen LogP contribution in [0.3, 0.4) is 0 Å². The summed E-state index contributed by atoms with van der Waals surface area (Å²) in [4.78, 5) is 21.6. The number of hydrogen-bond donors (Lipinski definition) is 2. The van der Waals surface area contributed by atoms with Gasteiger partial charge in [0.25, 0.3) is 0 Å². The van der Waals surface area contributed by atoms with Gasteiger partial charge in [0.2, 0.25) is 5.91 Å². The number of hydrogen-bond acceptors (Lipinski definition) is 9. The molecule has 190 valence electrons. The molecule has 11 nitrogen and oxygen atoms in total. The molecule has 0 unspecified atom stereocenters. The lowest BCUT2D eigenvalue weighted by molar-refractivity contribution is -0.138. The summed E-state index contributed by atoms with van der Waals surface area (Å²) in [6, 6.07) is 0. The normalized spacial score (nSPS) is 11.0. The van der Waals surface area contributed by atoms with Crippen molar-refractivity contribution < 1.29 is 47.9 Å². The predicted molar refractivity (Wildman–Crippen MR) is 116 cm³/mol. The lowest BCUT2D eigenvalue weighted by atomic mass is 10.3. The number of carboxylic acids is 1. The molecule has 0 aromatic carbocycles. The number of carboxylic acid groups (broad SMARTS) is 1. The number of aliphatic carboxylic acids is 1. The van der Waals surface area contributed by atoms with Crippen molar-refractivity contribution in [2.45, 2.75) is 26.2 Å². The standard InChI is InChI=1S/C21H41NO10/c1-2-26-8-9-28-12-13-30-16-17-32-19-18-31-15-14-29-11-10-27-7-3-6-22-20(23)4-5-21(24)25/h2-19H2,1H3,(H,22,23)(H,24,25). The van der Waals surface area contributed by atoms with Gasteiger partial charge in [-0.05, 0) is 13.3 Å². The molecule has 1 amide bonds. The topological polar surface area (TPSA) is 131 Å². The van der Waals surface area contributed by atoms with E-state index in [2.05, 4.69) is 5.32 Å².